The molecular formula is C16H18O2. The molecule has 2 aromatic carbocycles. The van der Waals surface area contributed by atoms with Crippen molar-refractivity contribution in [3.63, 3.8) is 0 Å². The molecule has 0 unspecified atom stereocenters. The van der Waals surface area contributed by atoms with Gasteiger partial charge in [-0.3, -0.25) is 0 Å². The molecule has 0 aromatic heterocycles. The molecule has 2 rings (SSSR count). The van der Waals surface area contributed by atoms with Gasteiger partial charge in [0.2, 0.25) is 0 Å². The minimum absolute atomic E-state index is 0.0173. The van der Waals surface area contributed by atoms with E-state index in [9.17, 15) is 10.2 Å². The maximum absolute atomic E-state index is 10.2. The molecule has 0 spiro atoms. The van der Waals surface area contributed by atoms with Crippen LogP contribution >= 0.6 is 0 Å². The summed E-state index contributed by atoms with van der Waals surface area (Å²) in [6.07, 6.45) is 0. The van der Waals surface area contributed by atoms with Gasteiger partial charge in [0.25, 0.3) is 0 Å². The van der Waals surface area contributed by atoms with Crippen molar-refractivity contribution in [2.24, 2.45) is 0 Å². The van der Waals surface area contributed by atoms with E-state index in [0.29, 0.717) is 0 Å². The Morgan fingerprint density at radius 3 is 1.94 bits per heavy atom. The second-order valence-electron chi connectivity index (χ2n) is 4.76. The lowest BCUT2D eigenvalue weighted by Crippen LogP contribution is -1.94. The minimum atomic E-state index is -0.0232. The highest BCUT2D eigenvalue weighted by molar-refractivity contribution is 5.80. The van der Waals surface area contributed by atoms with Crippen LogP contribution < -0.4 is 0 Å². The van der Waals surface area contributed by atoms with Crippen LogP contribution in [0.2, 0.25) is 0 Å². The van der Waals surface area contributed by atoms with Crippen LogP contribution in [-0.2, 0) is 0 Å². The quantitative estimate of drug-likeness (QED) is 0.742. The van der Waals surface area contributed by atoms with Gasteiger partial charge in [-0.1, -0.05) is 24.3 Å². The van der Waals surface area contributed by atoms with Gasteiger partial charge in [0, 0.05) is 5.56 Å². The third-order valence-electron chi connectivity index (χ3n) is 3.73. The molecule has 0 atom stereocenters. The SMILES string of the molecule is Cc1ccccc1-c1c(C)c(C)c(C)c(O)c1O. The molecule has 2 aromatic rings. The van der Waals surface area contributed by atoms with Crippen LogP contribution in [0, 0.1) is 27.7 Å². The summed E-state index contributed by atoms with van der Waals surface area (Å²) >= 11 is 0. The average Bonchev–Trinajstić information content (AvgIpc) is 2.36. The first-order chi connectivity index (χ1) is 8.45. The van der Waals surface area contributed by atoms with Crippen molar-refractivity contribution in [1.82, 2.24) is 0 Å². The Morgan fingerprint density at radius 1 is 0.722 bits per heavy atom. The Labute approximate surface area is 108 Å². The number of phenols is 2. The normalized spacial score (nSPS) is 10.7. The zero-order valence-electron chi connectivity index (χ0n) is 11.2. The molecule has 0 fully saturated rings. The van der Waals surface area contributed by atoms with Crippen LogP contribution in [0.4, 0.5) is 0 Å². The predicted molar refractivity (Wildman–Crippen MR) is 74.2 cm³/mol. The topological polar surface area (TPSA) is 40.5 Å². The van der Waals surface area contributed by atoms with Crippen molar-refractivity contribution < 1.29 is 10.2 Å². The molecule has 0 heterocycles. The van der Waals surface area contributed by atoms with Gasteiger partial charge in [-0.15, -0.1) is 0 Å². The summed E-state index contributed by atoms with van der Waals surface area (Å²) in [7, 11) is 0. The van der Waals surface area contributed by atoms with E-state index in [2.05, 4.69) is 0 Å². The summed E-state index contributed by atoms with van der Waals surface area (Å²) in [4.78, 5) is 0. The number of aromatic hydroxyl groups is 2. The van der Waals surface area contributed by atoms with E-state index in [0.717, 1.165) is 33.4 Å². The summed E-state index contributed by atoms with van der Waals surface area (Å²) in [6.45, 7) is 7.76. The van der Waals surface area contributed by atoms with Crippen molar-refractivity contribution in [2.75, 3.05) is 0 Å². The number of rotatable bonds is 1. The fraction of sp³-hybridized carbons (Fsp3) is 0.250. The van der Waals surface area contributed by atoms with Crippen LogP contribution in [0.15, 0.2) is 24.3 Å². The highest BCUT2D eigenvalue weighted by Gasteiger charge is 2.18. The van der Waals surface area contributed by atoms with E-state index < -0.39 is 0 Å². The fourth-order valence-electron chi connectivity index (χ4n) is 2.30. The number of hydrogen-bond acceptors (Lipinski definition) is 2. The molecule has 0 amide bonds. The second-order valence-corrected chi connectivity index (χ2v) is 4.76. The lowest BCUT2D eigenvalue weighted by Gasteiger charge is -2.17. The Bertz CT molecular complexity index is 584. The third-order valence-corrected chi connectivity index (χ3v) is 3.73. The fourth-order valence-corrected chi connectivity index (χ4v) is 2.30. The molecule has 0 aliphatic heterocycles. The molecule has 0 radical (unpaired) electrons. The molecule has 0 aliphatic carbocycles. The molecule has 0 saturated carbocycles. The second kappa shape index (κ2) is 4.37. The molecule has 2 N–H and O–H groups in total. The van der Waals surface area contributed by atoms with Crippen LogP contribution in [0.25, 0.3) is 11.1 Å². The van der Waals surface area contributed by atoms with Crippen LogP contribution in [0.1, 0.15) is 22.3 Å². The first kappa shape index (κ1) is 12.5. The van der Waals surface area contributed by atoms with E-state index in [4.69, 9.17) is 0 Å². The maximum Gasteiger partial charge on any atom is 0.166 e. The lowest BCUT2D eigenvalue weighted by atomic mass is 9.90. The summed E-state index contributed by atoms with van der Waals surface area (Å²) in [5, 5.41) is 20.2. The minimum Gasteiger partial charge on any atom is -0.504 e. The average molecular weight is 242 g/mol. The lowest BCUT2D eigenvalue weighted by molar-refractivity contribution is 0.401. The van der Waals surface area contributed by atoms with Gasteiger partial charge in [0.05, 0.1) is 0 Å². The number of aryl methyl sites for hydroxylation is 1. The van der Waals surface area contributed by atoms with Crippen molar-refractivity contribution in [3.05, 3.63) is 46.5 Å². The van der Waals surface area contributed by atoms with E-state index in [1.54, 1.807) is 0 Å². The van der Waals surface area contributed by atoms with Gasteiger partial charge in [-0.2, -0.15) is 0 Å². The van der Waals surface area contributed by atoms with Gasteiger partial charge in [0.1, 0.15) is 0 Å². The van der Waals surface area contributed by atoms with E-state index in [1.165, 1.54) is 0 Å². The Hall–Kier alpha value is -1.96. The first-order valence-corrected chi connectivity index (χ1v) is 6.02. The van der Waals surface area contributed by atoms with Crippen molar-refractivity contribution in [3.8, 4) is 22.6 Å². The van der Waals surface area contributed by atoms with E-state index in [-0.39, 0.29) is 11.5 Å². The molecule has 94 valence electrons. The Morgan fingerprint density at radius 2 is 1.33 bits per heavy atom. The van der Waals surface area contributed by atoms with Crippen molar-refractivity contribution >= 4 is 0 Å². The smallest absolute Gasteiger partial charge is 0.166 e. The molecule has 18 heavy (non-hydrogen) atoms. The van der Waals surface area contributed by atoms with Crippen LogP contribution in [-0.4, -0.2) is 10.2 Å². The van der Waals surface area contributed by atoms with Gasteiger partial charge < -0.3 is 10.2 Å². The predicted octanol–water partition coefficient (Wildman–Crippen LogP) is 4.00. The summed E-state index contributed by atoms with van der Waals surface area (Å²) in [5.74, 6) is -0.0405. The molecule has 2 nitrogen and oxygen atoms in total. The third kappa shape index (κ3) is 1.74. The van der Waals surface area contributed by atoms with Gasteiger partial charge in [-0.25, -0.2) is 0 Å². The summed E-state index contributed by atoms with van der Waals surface area (Å²) < 4.78 is 0. The van der Waals surface area contributed by atoms with Crippen molar-refractivity contribution in [2.45, 2.75) is 27.7 Å². The van der Waals surface area contributed by atoms with E-state index in [1.807, 2.05) is 52.0 Å². The summed E-state index contributed by atoms with van der Waals surface area (Å²) in [6, 6.07) is 7.87. The number of hydrogen-bond donors (Lipinski definition) is 2. The Balaban J connectivity index is 2.85. The van der Waals surface area contributed by atoms with Gasteiger partial charge in [0.15, 0.2) is 11.5 Å². The molecule has 2 heteroatoms. The van der Waals surface area contributed by atoms with Gasteiger partial charge >= 0.3 is 0 Å². The largest absolute Gasteiger partial charge is 0.504 e. The maximum atomic E-state index is 10.2. The summed E-state index contributed by atoms with van der Waals surface area (Å²) in [5.41, 5.74) is 5.54. The first-order valence-electron chi connectivity index (χ1n) is 6.02. The highest BCUT2D eigenvalue weighted by Crippen LogP contribution is 2.44. The molecule has 0 aliphatic rings. The monoisotopic (exact) mass is 242 g/mol. The number of benzene rings is 2. The molecule has 0 saturated heterocycles. The van der Waals surface area contributed by atoms with Gasteiger partial charge in [-0.05, 0) is 55.5 Å². The zero-order chi connectivity index (χ0) is 13.4. The van der Waals surface area contributed by atoms with E-state index >= 15 is 0 Å². The molecule has 0 bridgehead atoms. The molecular weight excluding hydrogens is 224 g/mol. The zero-order valence-corrected chi connectivity index (χ0v) is 11.2. The number of phenolic OH excluding ortho intramolecular Hbond substituents is 2. The standard InChI is InChI=1S/C16H18O2/c1-9-7-5-6-8-13(9)14-11(3)10(2)12(4)15(17)16(14)18/h5-8,17-18H,1-4H3. The van der Waals surface area contributed by atoms with Crippen LogP contribution in [0.5, 0.6) is 11.5 Å². The van der Waals surface area contributed by atoms with Crippen molar-refractivity contribution in [1.29, 1.82) is 0 Å². The Kier molecular flexibility index (Phi) is 3.04. The highest BCUT2D eigenvalue weighted by atomic mass is 16.3. The van der Waals surface area contributed by atoms with Crippen LogP contribution in [0.3, 0.4) is 0 Å².